The van der Waals surface area contributed by atoms with Crippen molar-refractivity contribution in [2.75, 3.05) is 0 Å². The fourth-order valence-corrected chi connectivity index (χ4v) is 2.92. The van der Waals surface area contributed by atoms with E-state index < -0.39 is 11.9 Å². The molecule has 2 rings (SSSR count). The van der Waals surface area contributed by atoms with Crippen molar-refractivity contribution in [3.8, 4) is 5.75 Å². The summed E-state index contributed by atoms with van der Waals surface area (Å²) in [7, 11) is 0. The molecule has 1 unspecified atom stereocenters. The average molecular weight is 405 g/mol. The second kappa shape index (κ2) is 8.30. The van der Waals surface area contributed by atoms with Gasteiger partial charge in [-0.1, -0.05) is 38.1 Å². The molecule has 2 aromatic rings. The zero-order valence-corrected chi connectivity index (χ0v) is 16.0. The first kappa shape index (κ1) is 19.2. The highest BCUT2D eigenvalue weighted by molar-refractivity contribution is 9.10. The van der Waals surface area contributed by atoms with E-state index in [0.717, 1.165) is 12.0 Å². The molecule has 2 aromatic carbocycles. The number of rotatable bonds is 6. The van der Waals surface area contributed by atoms with Crippen LogP contribution < -0.4 is 4.74 Å². The molecule has 0 spiro atoms. The van der Waals surface area contributed by atoms with Crippen LogP contribution in [0, 0.1) is 5.92 Å². The number of carbonyl (C=O) groups excluding carboxylic acids is 1. The molecule has 0 amide bonds. The van der Waals surface area contributed by atoms with Crippen molar-refractivity contribution in [2.45, 2.75) is 33.1 Å². The maximum Gasteiger partial charge on any atom is 0.335 e. The monoisotopic (exact) mass is 404 g/mol. The highest BCUT2D eigenvalue weighted by atomic mass is 79.9. The van der Waals surface area contributed by atoms with Gasteiger partial charge in [0.2, 0.25) is 0 Å². The quantitative estimate of drug-likeness (QED) is 0.539. The Morgan fingerprint density at radius 2 is 1.72 bits per heavy atom. The minimum absolute atomic E-state index is 0.125. The lowest BCUT2D eigenvalue weighted by Crippen LogP contribution is -2.16. The standard InChI is InChI=1S/C20H21BrO4/c1-12(2)10-14-4-6-15(7-5-14)13(3)20(24)25-18-9-8-16(19(22)23)11-17(18)21/h4-9,11-13H,10H2,1-3H3,(H,22,23). The molecule has 0 fully saturated rings. The van der Waals surface area contributed by atoms with Crippen LogP contribution in [0.4, 0.5) is 0 Å². The van der Waals surface area contributed by atoms with E-state index in [9.17, 15) is 9.59 Å². The van der Waals surface area contributed by atoms with Crippen LogP contribution in [0.5, 0.6) is 5.75 Å². The second-order valence-electron chi connectivity index (χ2n) is 6.43. The number of benzene rings is 2. The van der Waals surface area contributed by atoms with E-state index in [4.69, 9.17) is 9.84 Å². The maximum atomic E-state index is 12.4. The summed E-state index contributed by atoms with van der Waals surface area (Å²) in [5.74, 6) is -0.953. The van der Waals surface area contributed by atoms with Gasteiger partial charge in [-0.15, -0.1) is 0 Å². The van der Waals surface area contributed by atoms with Crippen molar-refractivity contribution in [3.05, 3.63) is 63.6 Å². The zero-order valence-electron chi connectivity index (χ0n) is 14.5. The molecule has 1 N–H and O–H groups in total. The van der Waals surface area contributed by atoms with Crippen LogP contribution in [0.3, 0.4) is 0 Å². The van der Waals surface area contributed by atoms with Crippen molar-refractivity contribution in [1.82, 2.24) is 0 Å². The molecular formula is C20H21BrO4. The topological polar surface area (TPSA) is 63.6 Å². The van der Waals surface area contributed by atoms with E-state index in [1.165, 1.54) is 23.8 Å². The van der Waals surface area contributed by atoms with Gasteiger partial charge in [-0.25, -0.2) is 4.79 Å². The normalized spacial score (nSPS) is 12.0. The van der Waals surface area contributed by atoms with Crippen LogP contribution >= 0.6 is 15.9 Å². The van der Waals surface area contributed by atoms with E-state index in [2.05, 4.69) is 29.8 Å². The molecule has 0 saturated heterocycles. The van der Waals surface area contributed by atoms with E-state index >= 15 is 0 Å². The largest absolute Gasteiger partial charge is 0.478 e. The van der Waals surface area contributed by atoms with Gasteiger partial charge in [0.15, 0.2) is 0 Å². The molecule has 0 aliphatic carbocycles. The van der Waals surface area contributed by atoms with Crippen molar-refractivity contribution in [3.63, 3.8) is 0 Å². The molecule has 0 bridgehead atoms. The van der Waals surface area contributed by atoms with Crippen molar-refractivity contribution in [1.29, 1.82) is 0 Å². The number of halogens is 1. The number of aromatic carboxylic acids is 1. The molecule has 0 aliphatic heterocycles. The molecule has 0 heterocycles. The molecule has 0 aliphatic rings. The lowest BCUT2D eigenvalue weighted by molar-refractivity contribution is -0.135. The van der Waals surface area contributed by atoms with Crippen molar-refractivity contribution >= 4 is 27.9 Å². The number of hydrogen-bond donors (Lipinski definition) is 1. The summed E-state index contributed by atoms with van der Waals surface area (Å²) in [5, 5.41) is 8.97. The number of carbonyl (C=O) groups is 2. The van der Waals surface area contributed by atoms with Crippen LogP contribution in [-0.4, -0.2) is 17.0 Å². The molecule has 0 radical (unpaired) electrons. The Bertz CT molecular complexity index is 766. The Morgan fingerprint density at radius 1 is 1.08 bits per heavy atom. The summed E-state index contributed by atoms with van der Waals surface area (Å²) < 4.78 is 5.84. The Kier molecular flexibility index (Phi) is 6.37. The molecule has 132 valence electrons. The van der Waals surface area contributed by atoms with E-state index in [0.29, 0.717) is 16.1 Å². The highest BCUT2D eigenvalue weighted by Gasteiger charge is 2.19. The Hall–Kier alpha value is -2.14. The SMILES string of the molecule is CC(C)Cc1ccc(C(C)C(=O)Oc2ccc(C(=O)O)cc2Br)cc1. The number of carboxylic acid groups (broad SMARTS) is 1. The minimum Gasteiger partial charge on any atom is -0.478 e. The fourth-order valence-electron chi connectivity index (χ4n) is 2.46. The Balaban J connectivity index is 2.08. The fraction of sp³-hybridized carbons (Fsp3) is 0.300. The van der Waals surface area contributed by atoms with Gasteiger partial charge < -0.3 is 9.84 Å². The van der Waals surface area contributed by atoms with E-state index in [-0.39, 0.29) is 11.5 Å². The van der Waals surface area contributed by atoms with Gasteiger partial charge >= 0.3 is 11.9 Å². The third kappa shape index (κ3) is 5.16. The lowest BCUT2D eigenvalue weighted by Gasteiger charge is -2.14. The van der Waals surface area contributed by atoms with E-state index in [1.807, 2.05) is 24.3 Å². The number of hydrogen-bond acceptors (Lipinski definition) is 3. The van der Waals surface area contributed by atoms with Gasteiger partial charge in [0.1, 0.15) is 5.75 Å². The third-order valence-corrected chi connectivity index (χ3v) is 4.49. The summed E-state index contributed by atoms with van der Waals surface area (Å²) in [4.78, 5) is 23.3. The maximum absolute atomic E-state index is 12.4. The van der Waals surface area contributed by atoms with Crippen LogP contribution in [0.15, 0.2) is 46.9 Å². The summed E-state index contributed by atoms with van der Waals surface area (Å²) in [6.45, 7) is 6.13. The Morgan fingerprint density at radius 3 is 2.24 bits per heavy atom. The molecule has 1 atom stereocenters. The van der Waals surface area contributed by atoms with Gasteiger partial charge in [0.25, 0.3) is 0 Å². The zero-order chi connectivity index (χ0) is 18.6. The summed E-state index contributed by atoms with van der Waals surface area (Å²) in [6, 6.07) is 12.3. The highest BCUT2D eigenvalue weighted by Crippen LogP contribution is 2.28. The minimum atomic E-state index is -1.03. The van der Waals surface area contributed by atoms with Gasteiger partial charge in [-0.2, -0.15) is 0 Å². The third-order valence-electron chi connectivity index (χ3n) is 3.87. The van der Waals surface area contributed by atoms with Crippen molar-refractivity contribution < 1.29 is 19.4 Å². The van der Waals surface area contributed by atoms with Crippen molar-refractivity contribution in [2.24, 2.45) is 5.92 Å². The molecule has 5 heteroatoms. The van der Waals surface area contributed by atoms with Crippen LogP contribution in [0.1, 0.15) is 48.2 Å². The Labute approximate surface area is 156 Å². The smallest absolute Gasteiger partial charge is 0.335 e. The van der Waals surface area contributed by atoms with E-state index in [1.54, 1.807) is 6.92 Å². The number of carboxylic acids is 1. The summed E-state index contributed by atoms with van der Waals surface area (Å²) in [5.41, 5.74) is 2.25. The first-order chi connectivity index (χ1) is 11.8. The number of esters is 1. The second-order valence-corrected chi connectivity index (χ2v) is 7.29. The first-order valence-electron chi connectivity index (χ1n) is 8.11. The van der Waals surface area contributed by atoms with Gasteiger partial charge in [0, 0.05) is 0 Å². The number of ether oxygens (including phenoxy) is 1. The van der Waals surface area contributed by atoms with Gasteiger partial charge in [-0.3, -0.25) is 4.79 Å². The predicted octanol–water partition coefficient (Wildman–Crippen LogP) is 5.05. The van der Waals surface area contributed by atoms with Crippen LogP contribution in [0.25, 0.3) is 0 Å². The summed E-state index contributed by atoms with van der Waals surface area (Å²) in [6.07, 6.45) is 1.00. The van der Waals surface area contributed by atoms with Gasteiger partial charge in [0.05, 0.1) is 16.0 Å². The predicted molar refractivity (Wildman–Crippen MR) is 100 cm³/mol. The molecule has 25 heavy (non-hydrogen) atoms. The lowest BCUT2D eigenvalue weighted by atomic mass is 9.97. The summed E-state index contributed by atoms with van der Waals surface area (Å²) >= 11 is 3.24. The van der Waals surface area contributed by atoms with Crippen LogP contribution in [0.2, 0.25) is 0 Å². The molecule has 4 nitrogen and oxygen atoms in total. The molecular weight excluding hydrogens is 384 g/mol. The first-order valence-corrected chi connectivity index (χ1v) is 8.90. The average Bonchev–Trinajstić information content (AvgIpc) is 2.56. The molecule has 0 aromatic heterocycles. The molecule has 0 saturated carbocycles. The van der Waals surface area contributed by atoms with Crippen LogP contribution in [-0.2, 0) is 11.2 Å². The van der Waals surface area contributed by atoms with Gasteiger partial charge in [-0.05, 0) is 64.5 Å².